The quantitative estimate of drug-likeness (QED) is 0.508. The van der Waals surface area contributed by atoms with E-state index in [1.807, 2.05) is 41.5 Å². The highest BCUT2D eigenvalue weighted by Crippen LogP contribution is 2.37. The topological polar surface area (TPSA) is 89.7 Å². The Hall–Kier alpha value is -2.11. The van der Waals surface area contributed by atoms with Crippen molar-refractivity contribution >= 4 is 11.8 Å². The van der Waals surface area contributed by atoms with Gasteiger partial charge >= 0.3 is 6.16 Å². The van der Waals surface area contributed by atoms with Crippen LogP contribution in [-0.4, -0.2) is 16.2 Å². The van der Waals surface area contributed by atoms with E-state index in [-0.39, 0.29) is 17.7 Å². The van der Waals surface area contributed by atoms with E-state index in [1.165, 1.54) is 6.07 Å². The number of carboxylic acid groups (broad SMARTS) is 1. The molecule has 0 bridgehead atoms. The van der Waals surface area contributed by atoms with Crippen LogP contribution in [0, 0.1) is 10.1 Å². The number of benzene rings is 1. The summed E-state index contributed by atoms with van der Waals surface area (Å²) in [6, 6.07) is 3.24. The van der Waals surface area contributed by atoms with E-state index in [4.69, 9.17) is 5.11 Å². The lowest BCUT2D eigenvalue weighted by molar-refractivity contribution is -0.386. The standard InChI is InChI=1S/C16H23NO5/c1-15(2,3)11-8-12(16(4,5)6)13(17(20)21)7-10(11)9-22-14(18)19/h7-8H,9H2,1-6H3,(H,18,19). The molecule has 0 unspecified atom stereocenters. The van der Waals surface area contributed by atoms with Gasteiger partial charge in [0.25, 0.3) is 5.69 Å². The predicted molar refractivity (Wildman–Crippen MR) is 83.3 cm³/mol. The summed E-state index contributed by atoms with van der Waals surface area (Å²) in [5.74, 6) is 0. The smallest absolute Gasteiger partial charge is 0.450 e. The highest BCUT2D eigenvalue weighted by atomic mass is 16.7. The molecule has 1 rings (SSSR count). The Balaban J connectivity index is 3.58. The van der Waals surface area contributed by atoms with Crippen LogP contribution in [0.3, 0.4) is 0 Å². The summed E-state index contributed by atoms with van der Waals surface area (Å²) in [4.78, 5) is 21.6. The molecule has 0 heterocycles. The Labute approximate surface area is 130 Å². The molecule has 1 aromatic carbocycles. The maximum absolute atomic E-state index is 11.4. The zero-order chi connectivity index (χ0) is 17.3. The minimum Gasteiger partial charge on any atom is -0.450 e. The average Bonchev–Trinajstić information content (AvgIpc) is 2.32. The zero-order valence-corrected chi connectivity index (χ0v) is 13.9. The lowest BCUT2D eigenvalue weighted by Crippen LogP contribution is -2.20. The number of hydrogen-bond acceptors (Lipinski definition) is 4. The number of carbonyl (C=O) groups is 1. The molecule has 0 amide bonds. The third-order valence-electron chi connectivity index (χ3n) is 3.39. The Bertz CT molecular complexity index is 594. The van der Waals surface area contributed by atoms with Gasteiger partial charge in [0, 0.05) is 17.2 Å². The second-order valence-electron chi connectivity index (χ2n) is 7.34. The average molecular weight is 309 g/mol. The lowest BCUT2D eigenvalue weighted by Gasteiger charge is -2.27. The van der Waals surface area contributed by atoms with Gasteiger partial charge in [-0.05, 0) is 22.5 Å². The van der Waals surface area contributed by atoms with Gasteiger partial charge in [-0.15, -0.1) is 0 Å². The third kappa shape index (κ3) is 4.19. The van der Waals surface area contributed by atoms with Crippen LogP contribution >= 0.6 is 0 Å². The van der Waals surface area contributed by atoms with Gasteiger partial charge in [-0.3, -0.25) is 10.1 Å². The Morgan fingerprint density at radius 1 is 1.14 bits per heavy atom. The Morgan fingerprint density at radius 3 is 2.00 bits per heavy atom. The molecule has 0 saturated heterocycles. The summed E-state index contributed by atoms with van der Waals surface area (Å²) >= 11 is 0. The van der Waals surface area contributed by atoms with E-state index in [2.05, 4.69) is 4.74 Å². The van der Waals surface area contributed by atoms with Crippen molar-refractivity contribution in [2.45, 2.75) is 59.0 Å². The van der Waals surface area contributed by atoms with Crippen molar-refractivity contribution in [1.29, 1.82) is 0 Å². The Kier molecular flexibility index (Phi) is 4.85. The van der Waals surface area contributed by atoms with Crippen LogP contribution in [0.4, 0.5) is 10.5 Å². The summed E-state index contributed by atoms with van der Waals surface area (Å²) in [5.41, 5.74) is 1.31. The van der Waals surface area contributed by atoms with Gasteiger partial charge in [-0.2, -0.15) is 0 Å². The summed E-state index contributed by atoms with van der Waals surface area (Å²) < 4.78 is 4.62. The van der Waals surface area contributed by atoms with Gasteiger partial charge in [-0.25, -0.2) is 4.79 Å². The largest absolute Gasteiger partial charge is 0.506 e. The summed E-state index contributed by atoms with van der Waals surface area (Å²) in [7, 11) is 0. The van der Waals surface area contributed by atoms with Crippen molar-refractivity contribution in [3.05, 3.63) is 38.9 Å². The van der Waals surface area contributed by atoms with Gasteiger partial charge in [0.05, 0.1) is 4.92 Å². The van der Waals surface area contributed by atoms with E-state index in [9.17, 15) is 14.9 Å². The SMILES string of the molecule is CC(C)(C)c1cc(C(C)(C)C)c([N+](=O)[O-])cc1COC(=O)O. The van der Waals surface area contributed by atoms with E-state index >= 15 is 0 Å². The number of rotatable bonds is 3. The molecule has 6 nitrogen and oxygen atoms in total. The predicted octanol–water partition coefficient (Wildman–Crippen LogP) is 4.38. The number of nitro benzene ring substituents is 1. The molecule has 22 heavy (non-hydrogen) atoms. The van der Waals surface area contributed by atoms with Crippen molar-refractivity contribution in [3.63, 3.8) is 0 Å². The van der Waals surface area contributed by atoms with Crippen LogP contribution < -0.4 is 0 Å². The first-order valence-corrected chi connectivity index (χ1v) is 7.02. The molecule has 122 valence electrons. The molecule has 0 aromatic heterocycles. The highest BCUT2D eigenvalue weighted by Gasteiger charge is 2.30. The van der Waals surface area contributed by atoms with Crippen molar-refractivity contribution in [1.82, 2.24) is 0 Å². The minimum atomic E-state index is -1.40. The molecule has 1 N–H and O–H groups in total. The van der Waals surface area contributed by atoms with Crippen molar-refractivity contribution in [2.24, 2.45) is 0 Å². The number of nitro groups is 1. The number of nitrogens with zero attached hydrogens (tertiary/aromatic N) is 1. The van der Waals surface area contributed by atoms with Crippen molar-refractivity contribution in [3.8, 4) is 0 Å². The molecule has 0 aliphatic carbocycles. The molecule has 0 fully saturated rings. The summed E-state index contributed by atoms with van der Waals surface area (Å²) in [6.45, 7) is 11.5. The van der Waals surface area contributed by atoms with E-state index < -0.39 is 16.5 Å². The molecule has 0 radical (unpaired) electrons. The third-order valence-corrected chi connectivity index (χ3v) is 3.39. The lowest BCUT2D eigenvalue weighted by atomic mass is 9.77. The highest BCUT2D eigenvalue weighted by molar-refractivity contribution is 5.57. The molecular weight excluding hydrogens is 286 g/mol. The van der Waals surface area contributed by atoms with Crippen LogP contribution in [0.2, 0.25) is 0 Å². The molecule has 0 aliphatic heterocycles. The fourth-order valence-corrected chi connectivity index (χ4v) is 2.34. The Morgan fingerprint density at radius 2 is 1.64 bits per heavy atom. The number of ether oxygens (including phenoxy) is 1. The fraction of sp³-hybridized carbons (Fsp3) is 0.562. The minimum absolute atomic E-state index is 0.00973. The van der Waals surface area contributed by atoms with E-state index in [0.717, 1.165) is 5.56 Å². The molecular formula is C16H23NO5. The first-order chi connectivity index (χ1) is 9.84. The molecule has 0 saturated carbocycles. The van der Waals surface area contributed by atoms with E-state index in [0.29, 0.717) is 11.1 Å². The van der Waals surface area contributed by atoms with Gasteiger partial charge in [0.1, 0.15) is 6.61 Å². The van der Waals surface area contributed by atoms with Crippen LogP contribution in [0.5, 0.6) is 0 Å². The molecule has 1 aromatic rings. The molecule has 0 atom stereocenters. The normalized spacial score (nSPS) is 12.1. The molecule has 0 aliphatic rings. The van der Waals surface area contributed by atoms with Crippen LogP contribution in [-0.2, 0) is 22.2 Å². The monoisotopic (exact) mass is 309 g/mol. The van der Waals surface area contributed by atoms with Gasteiger partial charge in [0.2, 0.25) is 0 Å². The second-order valence-corrected chi connectivity index (χ2v) is 7.34. The summed E-state index contributed by atoms with van der Waals surface area (Å²) in [5, 5.41) is 20.0. The molecule has 6 heteroatoms. The fourth-order valence-electron chi connectivity index (χ4n) is 2.34. The van der Waals surface area contributed by atoms with Crippen LogP contribution in [0.15, 0.2) is 12.1 Å². The van der Waals surface area contributed by atoms with Crippen molar-refractivity contribution in [2.75, 3.05) is 0 Å². The zero-order valence-electron chi connectivity index (χ0n) is 13.9. The maximum atomic E-state index is 11.4. The second kappa shape index (κ2) is 5.94. The summed E-state index contributed by atoms with van der Waals surface area (Å²) in [6.07, 6.45) is -1.40. The van der Waals surface area contributed by atoms with Crippen LogP contribution in [0.1, 0.15) is 58.2 Å². The van der Waals surface area contributed by atoms with Gasteiger partial charge in [0.15, 0.2) is 0 Å². The van der Waals surface area contributed by atoms with Gasteiger partial charge < -0.3 is 9.84 Å². The first-order valence-electron chi connectivity index (χ1n) is 7.02. The molecule has 0 spiro atoms. The first kappa shape index (κ1) is 17.9. The number of hydrogen-bond donors (Lipinski definition) is 1. The maximum Gasteiger partial charge on any atom is 0.506 e. The van der Waals surface area contributed by atoms with Gasteiger partial charge in [-0.1, -0.05) is 41.5 Å². The van der Waals surface area contributed by atoms with Crippen molar-refractivity contribution < 1.29 is 19.6 Å². The van der Waals surface area contributed by atoms with Crippen LogP contribution in [0.25, 0.3) is 0 Å². The van der Waals surface area contributed by atoms with E-state index in [1.54, 1.807) is 6.07 Å².